The Morgan fingerprint density at radius 2 is 1.71 bits per heavy atom. The summed E-state index contributed by atoms with van der Waals surface area (Å²) in [5, 5.41) is 0. The predicted molar refractivity (Wildman–Crippen MR) is 74.5 cm³/mol. The lowest BCUT2D eigenvalue weighted by Gasteiger charge is -2.28. The maximum absolute atomic E-state index is 12.7. The molecule has 0 nitrogen and oxygen atoms in total. The minimum atomic E-state index is -1.85. The van der Waals surface area contributed by atoms with Crippen LogP contribution in [0.15, 0.2) is 24.3 Å². The highest BCUT2D eigenvalue weighted by Gasteiger charge is 2.33. The molecule has 2 rings (SSSR count). The summed E-state index contributed by atoms with van der Waals surface area (Å²) in [4.78, 5) is 0. The summed E-state index contributed by atoms with van der Waals surface area (Å²) in [6, 6.07) is 8.88. The van der Waals surface area contributed by atoms with E-state index in [9.17, 15) is 4.39 Å². The summed E-state index contributed by atoms with van der Waals surface area (Å²) in [5.41, 5.74) is 1.22. The highest BCUT2D eigenvalue weighted by Crippen LogP contribution is 2.39. The molecular formula is C13H17Cl2FSi. The van der Waals surface area contributed by atoms with Crippen LogP contribution in [0.4, 0.5) is 4.39 Å². The lowest BCUT2D eigenvalue weighted by molar-refractivity contribution is 0.439. The van der Waals surface area contributed by atoms with E-state index in [2.05, 4.69) is 0 Å². The molecule has 0 bridgehead atoms. The molecule has 1 heterocycles. The van der Waals surface area contributed by atoms with E-state index >= 15 is 0 Å². The van der Waals surface area contributed by atoms with Crippen molar-refractivity contribution in [3.63, 3.8) is 0 Å². The minimum absolute atomic E-state index is 0.161. The van der Waals surface area contributed by atoms with Gasteiger partial charge in [-0.3, -0.25) is 0 Å². The zero-order valence-corrected chi connectivity index (χ0v) is 12.3. The second-order valence-corrected chi connectivity index (χ2v) is 12.6. The Kier molecular flexibility index (Phi) is 4.51. The van der Waals surface area contributed by atoms with Crippen LogP contribution in [0.25, 0.3) is 0 Å². The van der Waals surface area contributed by atoms with Gasteiger partial charge in [0, 0.05) is 0 Å². The Labute approximate surface area is 113 Å². The zero-order chi connectivity index (χ0) is 12.3. The Morgan fingerprint density at radius 3 is 2.29 bits per heavy atom. The first-order chi connectivity index (χ1) is 8.05. The lowest BCUT2D eigenvalue weighted by Crippen LogP contribution is -2.26. The average Bonchev–Trinajstić information content (AvgIpc) is 2.30. The van der Waals surface area contributed by atoms with Crippen molar-refractivity contribution in [1.29, 1.82) is 0 Å². The largest absolute Gasteiger partial charge is 0.251 e. The predicted octanol–water partition coefficient (Wildman–Crippen LogP) is 5.09. The van der Waals surface area contributed by atoms with Crippen LogP contribution >= 0.6 is 22.2 Å². The van der Waals surface area contributed by atoms with Crippen molar-refractivity contribution >= 4 is 28.9 Å². The quantitative estimate of drug-likeness (QED) is 0.537. The van der Waals surface area contributed by atoms with Crippen molar-refractivity contribution in [1.82, 2.24) is 0 Å². The van der Waals surface area contributed by atoms with Gasteiger partial charge in [-0.15, -0.1) is 22.2 Å². The van der Waals surface area contributed by atoms with Crippen LogP contribution in [0.5, 0.6) is 0 Å². The zero-order valence-electron chi connectivity index (χ0n) is 9.76. The average molecular weight is 291 g/mol. The van der Waals surface area contributed by atoms with Gasteiger partial charge in [-0.2, -0.15) is 0 Å². The first-order valence-electron chi connectivity index (χ1n) is 6.17. The van der Waals surface area contributed by atoms with Gasteiger partial charge in [0.1, 0.15) is 5.82 Å². The monoisotopic (exact) mass is 290 g/mol. The molecule has 1 aliphatic heterocycles. The molecule has 0 saturated carbocycles. The van der Waals surface area contributed by atoms with Gasteiger partial charge in [0.05, 0.1) is 0 Å². The molecule has 1 aromatic carbocycles. The fourth-order valence-corrected chi connectivity index (χ4v) is 5.63. The topological polar surface area (TPSA) is 0 Å². The van der Waals surface area contributed by atoms with Gasteiger partial charge in [0.2, 0.25) is 0 Å². The van der Waals surface area contributed by atoms with Crippen LogP contribution in [0.3, 0.4) is 0 Å². The number of hydrogen-bond donors (Lipinski definition) is 0. The van der Waals surface area contributed by atoms with Crippen LogP contribution in [0.1, 0.15) is 24.8 Å². The molecule has 0 N–H and O–H groups in total. The molecule has 1 fully saturated rings. The maximum Gasteiger partial charge on any atom is 0.251 e. The molecule has 0 aliphatic carbocycles. The minimum Gasteiger partial charge on any atom is -0.207 e. The van der Waals surface area contributed by atoms with E-state index < -0.39 is 6.69 Å². The SMILES string of the molecule is Fc1ccc(CCC2CC[Si](Cl)(Cl)CC2)cc1. The van der Waals surface area contributed by atoms with Crippen LogP contribution < -0.4 is 0 Å². The van der Waals surface area contributed by atoms with Crippen LogP contribution in [0.2, 0.25) is 12.1 Å². The molecule has 1 aliphatic rings. The van der Waals surface area contributed by atoms with Gasteiger partial charge in [0.15, 0.2) is 0 Å². The van der Waals surface area contributed by atoms with Gasteiger partial charge in [-0.1, -0.05) is 25.0 Å². The lowest BCUT2D eigenvalue weighted by atomic mass is 9.94. The number of halogens is 3. The Bertz CT molecular complexity index is 354. The fourth-order valence-electron chi connectivity index (χ4n) is 2.41. The highest BCUT2D eigenvalue weighted by atomic mass is 35.7. The molecule has 1 saturated heterocycles. The standard InChI is InChI=1S/C13H17Cl2FSi/c14-17(15)9-7-12(8-10-17)2-1-11-3-5-13(16)6-4-11/h3-6,12H,1-2,7-10H2. The third-order valence-corrected chi connectivity index (χ3v) is 7.90. The molecule has 0 radical (unpaired) electrons. The van der Waals surface area contributed by atoms with Crippen LogP contribution in [0, 0.1) is 11.7 Å². The summed E-state index contributed by atoms with van der Waals surface area (Å²) in [6.07, 6.45) is 4.54. The van der Waals surface area contributed by atoms with Crippen molar-refractivity contribution in [3.05, 3.63) is 35.6 Å². The molecule has 0 unspecified atom stereocenters. The van der Waals surface area contributed by atoms with E-state index in [1.54, 1.807) is 0 Å². The van der Waals surface area contributed by atoms with Crippen LogP contribution in [-0.2, 0) is 6.42 Å². The number of hydrogen-bond acceptors (Lipinski definition) is 0. The van der Waals surface area contributed by atoms with Crippen molar-refractivity contribution in [2.45, 2.75) is 37.8 Å². The van der Waals surface area contributed by atoms with E-state index in [1.165, 1.54) is 37.0 Å². The normalized spacial score (nSPS) is 20.4. The van der Waals surface area contributed by atoms with E-state index in [0.29, 0.717) is 0 Å². The first-order valence-corrected chi connectivity index (χ1v) is 10.6. The molecule has 1 aromatic rings. The third-order valence-electron chi connectivity index (χ3n) is 3.59. The molecule has 0 amide bonds. The second-order valence-electron chi connectivity index (χ2n) is 4.96. The third kappa shape index (κ3) is 4.27. The first kappa shape index (κ1) is 13.4. The van der Waals surface area contributed by atoms with Gasteiger partial charge in [0.25, 0.3) is 6.69 Å². The summed E-state index contributed by atoms with van der Waals surface area (Å²) < 4.78 is 12.7. The van der Waals surface area contributed by atoms with Crippen molar-refractivity contribution in [2.24, 2.45) is 5.92 Å². The van der Waals surface area contributed by atoms with Gasteiger partial charge < -0.3 is 0 Å². The molecule has 94 valence electrons. The van der Waals surface area contributed by atoms with E-state index in [0.717, 1.165) is 24.4 Å². The van der Waals surface area contributed by atoms with Gasteiger partial charge in [-0.25, -0.2) is 4.39 Å². The van der Waals surface area contributed by atoms with Crippen molar-refractivity contribution < 1.29 is 4.39 Å². The Hall–Kier alpha value is -0.0531. The summed E-state index contributed by atoms with van der Waals surface area (Å²) in [6.45, 7) is -1.85. The Balaban J connectivity index is 1.78. The van der Waals surface area contributed by atoms with Crippen molar-refractivity contribution in [2.75, 3.05) is 0 Å². The Morgan fingerprint density at radius 1 is 1.12 bits per heavy atom. The molecular weight excluding hydrogens is 274 g/mol. The summed E-state index contributed by atoms with van der Waals surface area (Å²) in [7, 11) is 0. The smallest absolute Gasteiger partial charge is 0.207 e. The number of rotatable bonds is 3. The fraction of sp³-hybridized carbons (Fsp3) is 0.538. The van der Waals surface area contributed by atoms with Crippen LogP contribution in [-0.4, -0.2) is 6.69 Å². The van der Waals surface area contributed by atoms with E-state index in [-0.39, 0.29) is 5.82 Å². The van der Waals surface area contributed by atoms with Gasteiger partial charge in [-0.05, 0) is 48.5 Å². The van der Waals surface area contributed by atoms with Crippen molar-refractivity contribution in [3.8, 4) is 0 Å². The maximum atomic E-state index is 12.7. The molecule has 0 aromatic heterocycles. The highest BCUT2D eigenvalue weighted by molar-refractivity contribution is 7.45. The van der Waals surface area contributed by atoms with E-state index in [4.69, 9.17) is 22.2 Å². The molecule has 4 heteroatoms. The molecule has 0 spiro atoms. The van der Waals surface area contributed by atoms with E-state index in [1.807, 2.05) is 12.1 Å². The summed E-state index contributed by atoms with van der Waals surface area (Å²) >= 11 is 12.5. The second kappa shape index (κ2) is 5.72. The number of aryl methyl sites for hydroxylation is 1. The molecule has 0 atom stereocenters. The molecule has 17 heavy (non-hydrogen) atoms. The van der Waals surface area contributed by atoms with Gasteiger partial charge >= 0.3 is 0 Å². The number of benzene rings is 1. The summed E-state index contributed by atoms with van der Waals surface area (Å²) in [5.74, 6) is 0.588.